The largest absolute Gasteiger partial charge is 0.372 e. The van der Waals surface area contributed by atoms with Gasteiger partial charge in [-0.2, -0.15) is 0 Å². The summed E-state index contributed by atoms with van der Waals surface area (Å²) in [7, 11) is 0. The van der Waals surface area contributed by atoms with E-state index in [-0.39, 0.29) is 18.1 Å². The van der Waals surface area contributed by atoms with E-state index in [1.807, 2.05) is 19.1 Å². The van der Waals surface area contributed by atoms with Crippen LogP contribution in [0.15, 0.2) is 18.2 Å². The first-order chi connectivity index (χ1) is 10.6. The van der Waals surface area contributed by atoms with E-state index in [1.54, 1.807) is 6.07 Å². The van der Waals surface area contributed by atoms with Gasteiger partial charge < -0.3 is 20.7 Å². The van der Waals surface area contributed by atoms with Crippen molar-refractivity contribution in [1.82, 2.24) is 16.0 Å². The molecule has 3 N–H and O–H groups in total. The quantitative estimate of drug-likeness (QED) is 0.785. The van der Waals surface area contributed by atoms with Crippen molar-refractivity contribution in [2.75, 3.05) is 32.8 Å². The molecule has 2 atom stereocenters. The number of ether oxygens (including phenoxy) is 1. The Bertz CT molecular complexity index is 514. The molecule has 122 valence electrons. The number of benzene rings is 1. The number of amides is 2. The van der Waals surface area contributed by atoms with Crippen molar-refractivity contribution >= 4 is 29.2 Å². The molecule has 2 rings (SSSR count). The average molecular weight is 346 g/mol. The molecular weight excluding hydrogens is 325 g/mol. The summed E-state index contributed by atoms with van der Waals surface area (Å²) in [5.41, 5.74) is 0.973. The van der Waals surface area contributed by atoms with Gasteiger partial charge in [0.15, 0.2) is 0 Å². The zero-order valence-corrected chi connectivity index (χ0v) is 14.0. The first-order valence-corrected chi connectivity index (χ1v) is 8.16. The van der Waals surface area contributed by atoms with E-state index in [0.717, 1.165) is 18.7 Å². The third-order valence-corrected chi connectivity index (χ3v) is 4.28. The number of rotatable bonds is 4. The molecule has 1 aliphatic heterocycles. The van der Waals surface area contributed by atoms with E-state index in [1.165, 1.54) is 0 Å². The predicted octanol–water partition coefficient (Wildman–Crippen LogP) is 2.59. The number of carbonyl (C=O) groups is 1. The van der Waals surface area contributed by atoms with Gasteiger partial charge in [0, 0.05) is 32.1 Å². The molecule has 2 amide bonds. The second-order valence-corrected chi connectivity index (χ2v) is 5.98. The van der Waals surface area contributed by atoms with Crippen molar-refractivity contribution in [2.45, 2.75) is 13.0 Å². The normalized spacial score (nSPS) is 22.0. The van der Waals surface area contributed by atoms with Crippen LogP contribution in [-0.2, 0) is 4.74 Å². The molecule has 1 saturated heterocycles. The molecule has 0 spiro atoms. The summed E-state index contributed by atoms with van der Waals surface area (Å²) in [4.78, 5) is 11.6. The van der Waals surface area contributed by atoms with E-state index in [9.17, 15) is 4.79 Å². The minimum Gasteiger partial charge on any atom is -0.372 e. The van der Waals surface area contributed by atoms with Gasteiger partial charge in [-0.1, -0.05) is 29.3 Å². The smallest absolute Gasteiger partial charge is 0.314 e. The van der Waals surface area contributed by atoms with E-state index >= 15 is 0 Å². The van der Waals surface area contributed by atoms with E-state index < -0.39 is 0 Å². The first-order valence-electron chi connectivity index (χ1n) is 7.40. The molecule has 0 saturated carbocycles. The van der Waals surface area contributed by atoms with Crippen LogP contribution >= 0.6 is 23.2 Å². The Morgan fingerprint density at radius 1 is 1.36 bits per heavy atom. The molecule has 5 nitrogen and oxygen atoms in total. The third-order valence-electron chi connectivity index (χ3n) is 3.55. The topological polar surface area (TPSA) is 62.4 Å². The molecule has 0 radical (unpaired) electrons. The van der Waals surface area contributed by atoms with Crippen molar-refractivity contribution in [3.8, 4) is 0 Å². The minimum absolute atomic E-state index is 0.113. The zero-order chi connectivity index (χ0) is 15.9. The van der Waals surface area contributed by atoms with Crippen LogP contribution in [0.1, 0.15) is 18.6 Å². The van der Waals surface area contributed by atoms with E-state index in [2.05, 4.69) is 16.0 Å². The Hall–Kier alpha value is -1.01. The fourth-order valence-corrected chi connectivity index (χ4v) is 2.78. The van der Waals surface area contributed by atoms with E-state index in [4.69, 9.17) is 27.9 Å². The Labute approximate surface area is 140 Å². The van der Waals surface area contributed by atoms with Gasteiger partial charge in [-0.05, 0) is 24.6 Å². The molecule has 0 bridgehead atoms. The number of hydrogen-bond donors (Lipinski definition) is 3. The fourth-order valence-electron chi connectivity index (χ4n) is 2.47. The standard InChI is InChI=1S/C15H21Cl2N3O2/c1-2-19-15(21)20-9-11-8-18-5-6-22-14(11)10-3-4-12(16)13(17)7-10/h3-4,7,11,14,18H,2,5-6,8-9H2,1H3,(H2,19,20,21)/t11-,14-/m1/s1. The SMILES string of the molecule is CCNC(=O)NC[C@H]1CNCCO[C@@H]1c1ccc(Cl)c(Cl)c1. The highest BCUT2D eigenvalue weighted by Crippen LogP contribution is 2.31. The molecule has 1 fully saturated rings. The number of carbonyl (C=O) groups excluding carboxylic acids is 1. The monoisotopic (exact) mass is 345 g/mol. The fraction of sp³-hybridized carbons (Fsp3) is 0.533. The molecule has 1 heterocycles. The van der Waals surface area contributed by atoms with Crippen LogP contribution in [-0.4, -0.2) is 38.8 Å². The lowest BCUT2D eigenvalue weighted by atomic mass is 9.95. The van der Waals surface area contributed by atoms with Gasteiger partial charge in [0.2, 0.25) is 0 Å². The van der Waals surface area contributed by atoms with Crippen molar-refractivity contribution in [1.29, 1.82) is 0 Å². The molecule has 1 aromatic rings. The second-order valence-electron chi connectivity index (χ2n) is 5.17. The van der Waals surface area contributed by atoms with Gasteiger partial charge in [-0.15, -0.1) is 0 Å². The van der Waals surface area contributed by atoms with Crippen LogP contribution in [0, 0.1) is 5.92 Å². The Kier molecular flexibility index (Phi) is 6.76. The Balaban J connectivity index is 2.09. The number of halogens is 2. The highest BCUT2D eigenvalue weighted by Gasteiger charge is 2.27. The minimum atomic E-state index is -0.167. The van der Waals surface area contributed by atoms with E-state index in [0.29, 0.717) is 29.7 Å². The second kappa shape index (κ2) is 8.58. The number of urea groups is 1. The summed E-state index contributed by atoms with van der Waals surface area (Å²) < 4.78 is 5.95. The lowest BCUT2D eigenvalue weighted by Gasteiger charge is -2.25. The van der Waals surface area contributed by atoms with Crippen LogP contribution in [0.3, 0.4) is 0 Å². The molecule has 7 heteroatoms. The average Bonchev–Trinajstić information content (AvgIpc) is 2.74. The van der Waals surface area contributed by atoms with Crippen LogP contribution < -0.4 is 16.0 Å². The van der Waals surface area contributed by atoms with Gasteiger partial charge in [0.25, 0.3) is 0 Å². The highest BCUT2D eigenvalue weighted by atomic mass is 35.5. The van der Waals surface area contributed by atoms with Crippen LogP contribution in [0.5, 0.6) is 0 Å². The number of nitrogens with one attached hydrogen (secondary N) is 3. The lowest BCUT2D eigenvalue weighted by molar-refractivity contribution is 0.0315. The van der Waals surface area contributed by atoms with Gasteiger partial charge in [-0.3, -0.25) is 0 Å². The molecule has 1 aromatic carbocycles. The highest BCUT2D eigenvalue weighted by molar-refractivity contribution is 6.42. The molecule has 0 aliphatic carbocycles. The molecule has 22 heavy (non-hydrogen) atoms. The summed E-state index contributed by atoms with van der Waals surface area (Å²) in [5.74, 6) is 0.113. The lowest BCUT2D eigenvalue weighted by Crippen LogP contribution is -2.41. The third kappa shape index (κ3) is 4.74. The summed E-state index contributed by atoms with van der Waals surface area (Å²) in [6.07, 6.45) is -0.133. The Morgan fingerprint density at radius 3 is 2.91 bits per heavy atom. The summed E-state index contributed by atoms with van der Waals surface area (Å²) >= 11 is 12.1. The van der Waals surface area contributed by atoms with Gasteiger partial charge in [-0.25, -0.2) is 4.79 Å². The molecule has 0 unspecified atom stereocenters. The van der Waals surface area contributed by atoms with Crippen molar-refractivity contribution < 1.29 is 9.53 Å². The maximum absolute atomic E-state index is 11.6. The van der Waals surface area contributed by atoms with Gasteiger partial charge in [0.05, 0.1) is 22.8 Å². The Morgan fingerprint density at radius 2 is 2.18 bits per heavy atom. The van der Waals surface area contributed by atoms with Crippen LogP contribution in [0.2, 0.25) is 10.0 Å². The van der Waals surface area contributed by atoms with Crippen LogP contribution in [0.4, 0.5) is 4.79 Å². The summed E-state index contributed by atoms with van der Waals surface area (Å²) in [6, 6.07) is 5.36. The summed E-state index contributed by atoms with van der Waals surface area (Å²) in [6.45, 7) is 5.16. The van der Waals surface area contributed by atoms with Crippen molar-refractivity contribution in [2.24, 2.45) is 5.92 Å². The van der Waals surface area contributed by atoms with Gasteiger partial charge >= 0.3 is 6.03 Å². The van der Waals surface area contributed by atoms with Crippen LogP contribution in [0.25, 0.3) is 0 Å². The summed E-state index contributed by atoms with van der Waals surface area (Å²) in [5, 5.41) is 9.95. The zero-order valence-electron chi connectivity index (χ0n) is 12.5. The predicted molar refractivity (Wildman–Crippen MR) is 88.6 cm³/mol. The molecule has 1 aliphatic rings. The number of hydrogen-bond acceptors (Lipinski definition) is 3. The maximum atomic E-state index is 11.6. The first kappa shape index (κ1) is 17.3. The molecular formula is C15H21Cl2N3O2. The molecule has 0 aromatic heterocycles. The maximum Gasteiger partial charge on any atom is 0.314 e. The van der Waals surface area contributed by atoms with Crippen molar-refractivity contribution in [3.05, 3.63) is 33.8 Å². The van der Waals surface area contributed by atoms with Crippen molar-refractivity contribution in [3.63, 3.8) is 0 Å². The van der Waals surface area contributed by atoms with Gasteiger partial charge in [0.1, 0.15) is 0 Å².